The molecule has 2 N–H and O–H groups in total. The highest BCUT2D eigenvalue weighted by atomic mass is 16.3. The molecule has 0 bridgehead atoms. The molecule has 0 atom stereocenters. The van der Waals surface area contributed by atoms with Crippen LogP contribution in [0.5, 0.6) is 5.75 Å². The molecule has 0 aliphatic carbocycles. The van der Waals surface area contributed by atoms with E-state index in [-0.39, 0.29) is 5.41 Å². The summed E-state index contributed by atoms with van der Waals surface area (Å²) in [6, 6.07) is 7.39. The normalized spacial score (nSPS) is 11.5. The van der Waals surface area contributed by atoms with Crippen LogP contribution >= 0.6 is 0 Å². The summed E-state index contributed by atoms with van der Waals surface area (Å²) in [5.74, 6) is 0.321. The molecular weight excluding hydrogens is 238 g/mol. The van der Waals surface area contributed by atoms with Crippen molar-refractivity contribution in [2.45, 2.75) is 32.6 Å². The van der Waals surface area contributed by atoms with Crippen molar-refractivity contribution in [3.05, 3.63) is 41.7 Å². The standard InChI is InChI=1S/C16H19NO2/c1-4-16(2,3)14-8-11(5-6-15(14)19)12-7-13(10-18)17-9-12/h5-10,17,19H,4H2,1-3H3. The molecule has 0 radical (unpaired) electrons. The van der Waals surface area contributed by atoms with Gasteiger partial charge in [-0.3, -0.25) is 4.79 Å². The molecule has 0 spiro atoms. The summed E-state index contributed by atoms with van der Waals surface area (Å²) in [7, 11) is 0. The molecule has 100 valence electrons. The van der Waals surface area contributed by atoms with Crippen molar-refractivity contribution in [3.63, 3.8) is 0 Å². The van der Waals surface area contributed by atoms with Gasteiger partial charge in [-0.05, 0) is 41.2 Å². The fourth-order valence-corrected chi connectivity index (χ4v) is 2.09. The first kappa shape index (κ1) is 13.4. The molecule has 0 fully saturated rings. The number of aromatic nitrogens is 1. The molecule has 1 aromatic heterocycles. The fraction of sp³-hybridized carbons (Fsp3) is 0.312. The van der Waals surface area contributed by atoms with E-state index in [0.29, 0.717) is 11.4 Å². The van der Waals surface area contributed by atoms with Gasteiger partial charge in [0.2, 0.25) is 0 Å². The first-order chi connectivity index (χ1) is 8.97. The minimum atomic E-state index is -0.0795. The third-order valence-corrected chi connectivity index (χ3v) is 3.78. The quantitative estimate of drug-likeness (QED) is 0.816. The molecule has 3 nitrogen and oxygen atoms in total. The van der Waals surface area contributed by atoms with Gasteiger partial charge in [-0.1, -0.05) is 26.8 Å². The molecule has 1 heterocycles. The van der Waals surface area contributed by atoms with Crippen molar-refractivity contribution in [3.8, 4) is 16.9 Å². The number of aldehydes is 1. The summed E-state index contributed by atoms with van der Waals surface area (Å²) in [5, 5.41) is 10.0. The van der Waals surface area contributed by atoms with Crippen molar-refractivity contribution in [2.75, 3.05) is 0 Å². The molecule has 0 aliphatic rings. The maximum absolute atomic E-state index is 10.7. The largest absolute Gasteiger partial charge is 0.508 e. The Bertz CT molecular complexity index is 597. The lowest BCUT2D eigenvalue weighted by Gasteiger charge is -2.24. The Balaban J connectivity index is 2.49. The van der Waals surface area contributed by atoms with Crippen LogP contribution in [0.3, 0.4) is 0 Å². The number of phenolic OH excluding ortho intramolecular Hbond substituents is 1. The fourth-order valence-electron chi connectivity index (χ4n) is 2.09. The lowest BCUT2D eigenvalue weighted by molar-refractivity contribution is 0.111. The van der Waals surface area contributed by atoms with E-state index >= 15 is 0 Å². The third-order valence-electron chi connectivity index (χ3n) is 3.78. The smallest absolute Gasteiger partial charge is 0.166 e. The Hall–Kier alpha value is -2.03. The van der Waals surface area contributed by atoms with Gasteiger partial charge in [-0.25, -0.2) is 0 Å². The van der Waals surface area contributed by atoms with Crippen LogP contribution < -0.4 is 0 Å². The zero-order chi connectivity index (χ0) is 14.0. The van der Waals surface area contributed by atoms with Crippen molar-refractivity contribution < 1.29 is 9.90 Å². The molecule has 19 heavy (non-hydrogen) atoms. The van der Waals surface area contributed by atoms with E-state index in [2.05, 4.69) is 25.8 Å². The molecular formula is C16H19NO2. The van der Waals surface area contributed by atoms with Crippen LogP contribution in [0, 0.1) is 0 Å². The highest BCUT2D eigenvalue weighted by Gasteiger charge is 2.22. The molecule has 0 unspecified atom stereocenters. The molecule has 0 saturated carbocycles. The van der Waals surface area contributed by atoms with Gasteiger partial charge in [0.25, 0.3) is 0 Å². The van der Waals surface area contributed by atoms with Crippen LogP contribution in [0.25, 0.3) is 11.1 Å². The Labute approximate surface area is 113 Å². The molecule has 3 heteroatoms. The summed E-state index contributed by atoms with van der Waals surface area (Å²) < 4.78 is 0. The minimum Gasteiger partial charge on any atom is -0.508 e. The van der Waals surface area contributed by atoms with E-state index in [1.807, 2.05) is 18.2 Å². The van der Waals surface area contributed by atoms with Crippen molar-refractivity contribution in [2.24, 2.45) is 0 Å². The number of phenols is 1. The maximum atomic E-state index is 10.7. The number of carbonyl (C=O) groups is 1. The van der Waals surface area contributed by atoms with E-state index in [0.717, 1.165) is 29.4 Å². The predicted molar refractivity (Wildman–Crippen MR) is 76.6 cm³/mol. The van der Waals surface area contributed by atoms with Crippen LogP contribution in [0.2, 0.25) is 0 Å². The lowest BCUT2D eigenvalue weighted by Crippen LogP contribution is -2.15. The predicted octanol–water partition coefficient (Wildman–Crippen LogP) is 3.89. The second-order valence-electron chi connectivity index (χ2n) is 5.43. The van der Waals surface area contributed by atoms with Gasteiger partial charge in [0, 0.05) is 11.8 Å². The van der Waals surface area contributed by atoms with Crippen molar-refractivity contribution in [1.29, 1.82) is 0 Å². The summed E-state index contributed by atoms with van der Waals surface area (Å²) in [6.45, 7) is 6.33. The number of aromatic hydroxyl groups is 1. The lowest BCUT2D eigenvalue weighted by atomic mass is 9.80. The van der Waals surface area contributed by atoms with Gasteiger partial charge >= 0.3 is 0 Å². The van der Waals surface area contributed by atoms with Crippen LogP contribution in [-0.2, 0) is 5.41 Å². The SMILES string of the molecule is CCC(C)(C)c1cc(-c2c[nH]c(C=O)c2)ccc1O. The van der Waals surface area contributed by atoms with Crippen molar-refractivity contribution >= 4 is 6.29 Å². The number of H-pyrrole nitrogens is 1. The number of rotatable bonds is 4. The summed E-state index contributed by atoms with van der Waals surface area (Å²) in [5.41, 5.74) is 3.36. The van der Waals surface area contributed by atoms with E-state index in [9.17, 15) is 9.90 Å². The second kappa shape index (κ2) is 4.92. The number of hydrogen-bond acceptors (Lipinski definition) is 2. The van der Waals surface area contributed by atoms with E-state index < -0.39 is 0 Å². The van der Waals surface area contributed by atoms with Crippen LogP contribution in [0.1, 0.15) is 43.2 Å². The van der Waals surface area contributed by atoms with Gasteiger partial charge in [0.15, 0.2) is 6.29 Å². The minimum absolute atomic E-state index is 0.0795. The van der Waals surface area contributed by atoms with E-state index in [1.54, 1.807) is 12.3 Å². The highest BCUT2D eigenvalue weighted by molar-refractivity contribution is 5.77. The number of nitrogens with one attached hydrogen (secondary N) is 1. The highest BCUT2D eigenvalue weighted by Crippen LogP contribution is 2.36. The topological polar surface area (TPSA) is 53.1 Å². The summed E-state index contributed by atoms with van der Waals surface area (Å²) >= 11 is 0. The third kappa shape index (κ3) is 2.55. The van der Waals surface area contributed by atoms with Gasteiger partial charge < -0.3 is 10.1 Å². The molecule has 0 amide bonds. The summed E-state index contributed by atoms with van der Waals surface area (Å²) in [4.78, 5) is 13.6. The number of aromatic amines is 1. The monoisotopic (exact) mass is 257 g/mol. The average Bonchev–Trinajstić information content (AvgIpc) is 2.88. The Morgan fingerprint density at radius 2 is 2.00 bits per heavy atom. The molecule has 0 aliphatic heterocycles. The molecule has 2 rings (SSSR count). The zero-order valence-electron chi connectivity index (χ0n) is 11.5. The Kier molecular flexibility index (Phi) is 3.47. The Morgan fingerprint density at radius 3 is 2.58 bits per heavy atom. The van der Waals surface area contributed by atoms with Crippen LogP contribution in [0.15, 0.2) is 30.5 Å². The van der Waals surface area contributed by atoms with Gasteiger partial charge in [-0.15, -0.1) is 0 Å². The van der Waals surface area contributed by atoms with E-state index in [1.165, 1.54) is 0 Å². The van der Waals surface area contributed by atoms with E-state index in [4.69, 9.17) is 0 Å². The molecule has 1 aromatic carbocycles. The average molecular weight is 257 g/mol. The number of benzene rings is 1. The first-order valence-electron chi connectivity index (χ1n) is 6.45. The van der Waals surface area contributed by atoms with Gasteiger partial charge in [0.1, 0.15) is 5.75 Å². The number of hydrogen-bond donors (Lipinski definition) is 2. The molecule has 2 aromatic rings. The van der Waals surface area contributed by atoms with Crippen LogP contribution in [-0.4, -0.2) is 16.4 Å². The van der Waals surface area contributed by atoms with Crippen molar-refractivity contribution in [1.82, 2.24) is 4.98 Å². The first-order valence-corrected chi connectivity index (χ1v) is 6.45. The Morgan fingerprint density at radius 1 is 1.26 bits per heavy atom. The summed E-state index contributed by atoms with van der Waals surface area (Å²) in [6.07, 6.45) is 3.54. The van der Waals surface area contributed by atoms with Crippen LogP contribution in [0.4, 0.5) is 0 Å². The van der Waals surface area contributed by atoms with Gasteiger partial charge in [-0.2, -0.15) is 0 Å². The zero-order valence-corrected chi connectivity index (χ0v) is 11.5. The second-order valence-corrected chi connectivity index (χ2v) is 5.43. The van der Waals surface area contributed by atoms with Gasteiger partial charge in [0.05, 0.1) is 5.69 Å². The molecule has 0 saturated heterocycles. The maximum Gasteiger partial charge on any atom is 0.166 e. The number of carbonyl (C=O) groups excluding carboxylic acids is 1.